The molecule has 0 saturated carbocycles. The molecule has 0 aliphatic rings. The summed E-state index contributed by atoms with van der Waals surface area (Å²) in [5.41, 5.74) is 1.80. The third-order valence-corrected chi connectivity index (χ3v) is 3.07. The van der Waals surface area contributed by atoms with Gasteiger partial charge < -0.3 is 15.4 Å². The van der Waals surface area contributed by atoms with Crippen LogP contribution in [0, 0.1) is 0 Å². The summed E-state index contributed by atoms with van der Waals surface area (Å²) in [4.78, 5) is 34.8. The van der Waals surface area contributed by atoms with Gasteiger partial charge in [0.25, 0.3) is 0 Å². The first-order valence-electron chi connectivity index (χ1n) is 6.87. The van der Waals surface area contributed by atoms with Crippen LogP contribution in [0.3, 0.4) is 0 Å². The third kappa shape index (κ3) is 4.41. The third-order valence-electron chi connectivity index (χ3n) is 3.07. The maximum Gasteiger partial charge on any atom is 0.337 e. The van der Waals surface area contributed by atoms with Crippen LogP contribution in [0.4, 0.5) is 16.2 Å². The summed E-state index contributed by atoms with van der Waals surface area (Å²) in [5, 5.41) is 5.25. The van der Waals surface area contributed by atoms with Crippen molar-refractivity contribution in [2.24, 2.45) is 0 Å². The van der Waals surface area contributed by atoms with Crippen LogP contribution in [0.5, 0.6) is 0 Å². The summed E-state index contributed by atoms with van der Waals surface area (Å²) < 4.78 is 4.63. The number of methoxy groups -OCH3 is 1. The second-order valence-corrected chi connectivity index (χ2v) is 4.79. The maximum absolute atomic E-state index is 12.0. The van der Waals surface area contributed by atoms with Gasteiger partial charge in [0.2, 0.25) is 0 Å². The monoisotopic (exact) mass is 312 g/mol. The Labute approximate surface area is 133 Å². The Balaban J connectivity index is 2.06. The number of benzene rings is 2. The van der Waals surface area contributed by atoms with Crippen molar-refractivity contribution in [2.45, 2.75) is 6.92 Å². The summed E-state index contributed by atoms with van der Waals surface area (Å²) in [6.07, 6.45) is 0. The van der Waals surface area contributed by atoms with Gasteiger partial charge in [-0.3, -0.25) is 4.79 Å². The van der Waals surface area contributed by atoms with Crippen LogP contribution in [-0.2, 0) is 4.74 Å². The first-order chi connectivity index (χ1) is 11.0. The molecule has 2 aromatic rings. The molecule has 2 amide bonds. The Bertz CT molecular complexity index is 756. The standard InChI is InChI=1S/C17H16N2O4/c1-11(20)12-5-3-7-14(9-12)18-17(22)19-15-8-4-6-13(10-15)16(21)23-2/h3-10H,1-2H3,(H2,18,19,22). The molecule has 0 saturated heterocycles. The second-order valence-electron chi connectivity index (χ2n) is 4.79. The highest BCUT2D eigenvalue weighted by molar-refractivity contribution is 6.02. The summed E-state index contributed by atoms with van der Waals surface area (Å²) in [5.74, 6) is -0.567. The van der Waals surface area contributed by atoms with Crippen LogP contribution in [0.2, 0.25) is 0 Å². The molecule has 6 nitrogen and oxygen atoms in total. The molecular formula is C17H16N2O4. The van der Waals surface area contributed by atoms with Gasteiger partial charge in [-0.25, -0.2) is 9.59 Å². The lowest BCUT2D eigenvalue weighted by molar-refractivity contribution is 0.0600. The van der Waals surface area contributed by atoms with Crippen LogP contribution < -0.4 is 10.6 Å². The minimum absolute atomic E-state index is 0.0835. The molecule has 118 valence electrons. The van der Waals surface area contributed by atoms with Gasteiger partial charge in [-0.15, -0.1) is 0 Å². The van der Waals surface area contributed by atoms with Gasteiger partial charge >= 0.3 is 12.0 Å². The summed E-state index contributed by atoms with van der Waals surface area (Å²) in [6.45, 7) is 1.46. The smallest absolute Gasteiger partial charge is 0.337 e. The van der Waals surface area contributed by atoms with Gasteiger partial charge in [0, 0.05) is 16.9 Å². The average molecular weight is 312 g/mol. The van der Waals surface area contributed by atoms with Crippen molar-refractivity contribution in [1.82, 2.24) is 0 Å². The van der Waals surface area contributed by atoms with E-state index in [0.29, 0.717) is 22.5 Å². The van der Waals surface area contributed by atoms with Crippen molar-refractivity contribution in [3.63, 3.8) is 0 Å². The van der Waals surface area contributed by atoms with E-state index in [0.717, 1.165) is 0 Å². The minimum Gasteiger partial charge on any atom is -0.465 e. The molecule has 0 aromatic heterocycles. The zero-order chi connectivity index (χ0) is 16.8. The SMILES string of the molecule is COC(=O)c1cccc(NC(=O)Nc2cccc(C(C)=O)c2)c1. The molecule has 0 spiro atoms. The predicted octanol–water partition coefficient (Wildman–Crippen LogP) is 3.32. The quantitative estimate of drug-likeness (QED) is 0.670. The van der Waals surface area contributed by atoms with Crippen molar-refractivity contribution in [1.29, 1.82) is 0 Å². The van der Waals surface area contributed by atoms with Gasteiger partial charge in [0.05, 0.1) is 12.7 Å². The first-order valence-corrected chi connectivity index (χ1v) is 6.87. The van der Waals surface area contributed by atoms with Gasteiger partial charge in [-0.2, -0.15) is 0 Å². The number of ketones is 1. The fourth-order valence-electron chi connectivity index (χ4n) is 1.95. The lowest BCUT2D eigenvalue weighted by Crippen LogP contribution is -2.19. The van der Waals surface area contributed by atoms with E-state index in [-0.39, 0.29) is 5.78 Å². The van der Waals surface area contributed by atoms with Gasteiger partial charge in [0.15, 0.2) is 5.78 Å². The lowest BCUT2D eigenvalue weighted by atomic mass is 10.1. The number of carbonyl (C=O) groups is 3. The van der Waals surface area contributed by atoms with E-state index >= 15 is 0 Å². The van der Waals surface area contributed by atoms with Gasteiger partial charge in [0.1, 0.15) is 0 Å². The zero-order valence-corrected chi connectivity index (χ0v) is 12.8. The molecule has 0 aliphatic heterocycles. The molecule has 0 fully saturated rings. The van der Waals surface area contributed by atoms with Crippen LogP contribution in [-0.4, -0.2) is 24.9 Å². The summed E-state index contributed by atoms with van der Waals surface area (Å²) >= 11 is 0. The van der Waals surface area contributed by atoms with E-state index < -0.39 is 12.0 Å². The van der Waals surface area contributed by atoms with Crippen molar-refractivity contribution in [3.05, 3.63) is 59.7 Å². The summed E-state index contributed by atoms with van der Waals surface area (Å²) in [7, 11) is 1.29. The van der Waals surface area contributed by atoms with E-state index in [1.807, 2.05) is 0 Å². The Morgan fingerprint density at radius 1 is 0.870 bits per heavy atom. The van der Waals surface area contributed by atoms with Gasteiger partial charge in [-0.1, -0.05) is 18.2 Å². The molecular weight excluding hydrogens is 296 g/mol. The Kier molecular flexibility index (Phi) is 5.09. The molecule has 0 atom stereocenters. The number of Topliss-reactive ketones (excluding diaryl/α,β-unsaturated/α-hetero) is 1. The fraction of sp³-hybridized carbons (Fsp3) is 0.118. The fourth-order valence-corrected chi connectivity index (χ4v) is 1.95. The largest absolute Gasteiger partial charge is 0.465 e. The predicted molar refractivity (Wildman–Crippen MR) is 86.9 cm³/mol. The molecule has 6 heteroatoms. The number of ether oxygens (including phenoxy) is 1. The molecule has 0 bridgehead atoms. The van der Waals surface area contributed by atoms with E-state index in [1.54, 1.807) is 42.5 Å². The molecule has 0 heterocycles. The highest BCUT2D eigenvalue weighted by Gasteiger charge is 2.08. The van der Waals surface area contributed by atoms with Crippen molar-refractivity contribution in [3.8, 4) is 0 Å². The first kappa shape index (κ1) is 16.2. The van der Waals surface area contributed by atoms with Crippen molar-refractivity contribution >= 4 is 29.2 Å². The van der Waals surface area contributed by atoms with Crippen LogP contribution in [0.15, 0.2) is 48.5 Å². The molecule has 2 rings (SSSR count). The van der Waals surface area contributed by atoms with E-state index in [1.165, 1.54) is 20.1 Å². The zero-order valence-electron chi connectivity index (χ0n) is 12.8. The topological polar surface area (TPSA) is 84.5 Å². The lowest BCUT2D eigenvalue weighted by Gasteiger charge is -2.09. The maximum atomic E-state index is 12.0. The molecule has 0 radical (unpaired) electrons. The van der Waals surface area contributed by atoms with Crippen LogP contribution in [0.1, 0.15) is 27.6 Å². The van der Waals surface area contributed by atoms with E-state index in [9.17, 15) is 14.4 Å². The molecule has 23 heavy (non-hydrogen) atoms. The number of rotatable bonds is 4. The molecule has 2 N–H and O–H groups in total. The molecule has 2 aromatic carbocycles. The molecule has 0 aliphatic carbocycles. The second kappa shape index (κ2) is 7.22. The van der Waals surface area contributed by atoms with Crippen LogP contribution in [0.25, 0.3) is 0 Å². The van der Waals surface area contributed by atoms with Crippen molar-refractivity contribution in [2.75, 3.05) is 17.7 Å². The van der Waals surface area contributed by atoms with Gasteiger partial charge in [-0.05, 0) is 37.3 Å². The van der Waals surface area contributed by atoms with E-state index in [4.69, 9.17) is 0 Å². The number of hydrogen-bond donors (Lipinski definition) is 2. The van der Waals surface area contributed by atoms with Crippen LogP contribution >= 0.6 is 0 Å². The summed E-state index contributed by atoms with van der Waals surface area (Å²) in [6, 6.07) is 12.5. The van der Waals surface area contributed by atoms with E-state index in [2.05, 4.69) is 15.4 Å². The number of anilines is 2. The molecule has 0 unspecified atom stereocenters. The number of nitrogens with one attached hydrogen (secondary N) is 2. The number of esters is 1. The Hall–Kier alpha value is -3.15. The highest BCUT2D eigenvalue weighted by atomic mass is 16.5. The highest BCUT2D eigenvalue weighted by Crippen LogP contribution is 2.14. The Morgan fingerprint density at radius 2 is 1.39 bits per heavy atom. The minimum atomic E-state index is -0.483. The number of hydrogen-bond acceptors (Lipinski definition) is 4. The Morgan fingerprint density at radius 3 is 1.91 bits per heavy atom. The van der Waals surface area contributed by atoms with Crippen molar-refractivity contribution < 1.29 is 19.1 Å². The number of amides is 2. The average Bonchev–Trinajstić information content (AvgIpc) is 2.54. The number of urea groups is 1. The number of carbonyl (C=O) groups excluding carboxylic acids is 3. The normalized spacial score (nSPS) is 9.83.